The Labute approximate surface area is 83.9 Å². The van der Waals surface area contributed by atoms with Gasteiger partial charge >= 0.3 is 0 Å². The zero-order valence-electron chi connectivity index (χ0n) is 7.69. The normalized spacial score (nSPS) is 12.0. The summed E-state index contributed by atoms with van der Waals surface area (Å²) in [7, 11) is 0. The summed E-state index contributed by atoms with van der Waals surface area (Å²) in [5.74, 6) is 0. The van der Waals surface area contributed by atoms with Gasteiger partial charge in [0.05, 0.1) is 34.9 Å². The van der Waals surface area contributed by atoms with Crippen LogP contribution in [0.2, 0.25) is 0 Å². The van der Waals surface area contributed by atoms with Gasteiger partial charge < -0.3 is 13.3 Å². The average Bonchev–Trinajstić information content (AvgIpc) is 2.97. The van der Waals surface area contributed by atoms with Crippen LogP contribution in [-0.4, -0.2) is 0 Å². The number of fused-ring (bicyclic) bond motifs is 6. The number of furan rings is 3. The maximum atomic E-state index is 5.45. The van der Waals surface area contributed by atoms with E-state index in [0.29, 0.717) is 0 Å². The molecule has 3 aromatic heterocycles. The fourth-order valence-electron chi connectivity index (χ4n) is 2.09. The van der Waals surface area contributed by atoms with E-state index in [1.165, 1.54) is 0 Å². The summed E-state index contributed by atoms with van der Waals surface area (Å²) >= 11 is 0. The van der Waals surface area contributed by atoms with Crippen LogP contribution in [0.4, 0.5) is 0 Å². The fourth-order valence-corrected chi connectivity index (χ4v) is 2.09. The lowest BCUT2D eigenvalue weighted by molar-refractivity contribution is 0.608. The van der Waals surface area contributed by atoms with Crippen molar-refractivity contribution in [1.29, 1.82) is 0 Å². The fraction of sp³-hybridized carbons (Fsp3) is 0. The van der Waals surface area contributed by atoms with Crippen molar-refractivity contribution in [1.82, 2.24) is 0 Å². The molecule has 0 fully saturated rings. The molecule has 15 heavy (non-hydrogen) atoms. The van der Waals surface area contributed by atoms with Crippen LogP contribution in [0.5, 0.6) is 0 Å². The first-order valence-electron chi connectivity index (χ1n) is 4.69. The van der Waals surface area contributed by atoms with Gasteiger partial charge in [-0.05, 0) is 18.2 Å². The quantitative estimate of drug-likeness (QED) is 0.429. The van der Waals surface area contributed by atoms with Gasteiger partial charge in [0.15, 0.2) is 0 Å². The second-order valence-electron chi connectivity index (χ2n) is 3.49. The largest absolute Gasteiger partial charge is 0.463 e. The lowest BCUT2D eigenvalue weighted by Crippen LogP contribution is -1.70. The predicted octanol–water partition coefficient (Wildman–Crippen LogP) is 3.93. The van der Waals surface area contributed by atoms with Gasteiger partial charge in [-0.3, -0.25) is 0 Å². The van der Waals surface area contributed by atoms with Crippen molar-refractivity contribution in [2.75, 3.05) is 0 Å². The Morgan fingerprint density at radius 3 is 1.20 bits per heavy atom. The van der Waals surface area contributed by atoms with E-state index in [0.717, 1.165) is 32.9 Å². The Bertz CT molecular complexity index is 575. The molecule has 0 atom stereocenters. The molecule has 0 aliphatic carbocycles. The number of rotatable bonds is 0. The Hall–Kier alpha value is -2.16. The molecule has 4 rings (SSSR count). The molecule has 1 aromatic carbocycles. The maximum Gasteiger partial charge on any atom is 0.148 e. The predicted molar refractivity (Wildman–Crippen MR) is 55.8 cm³/mol. The Morgan fingerprint density at radius 1 is 0.533 bits per heavy atom. The SMILES string of the molecule is c1cc2c(o1)c1ccoc1c1ccoc21. The van der Waals surface area contributed by atoms with Crippen molar-refractivity contribution < 1.29 is 13.3 Å². The van der Waals surface area contributed by atoms with Crippen LogP contribution in [0.25, 0.3) is 32.9 Å². The molecular weight excluding hydrogens is 192 g/mol. The summed E-state index contributed by atoms with van der Waals surface area (Å²) in [4.78, 5) is 0. The van der Waals surface area contributed by atoms with E-state index in [1.54, 1.807) is 18.8 Å². The Balaban J connectivity index is 2.56. The van der Waals surface area contributed by atoms with E-state index in [2.05, 4.69) is 0 Å². The Kier molecular flexibility index (Phi) is 1.08. The average molecular weight is 198 g/mol. The molecule has 3 nitrogen and oxygen atoms in total. The molecule has 72 valence electrons. The van der Waals surface area contributed by atoms with Crippen LogP contribution in [0.15, 0.2) is 50.2 Å². The van der Waals surface area contributed by atoms with E-state index in [4.69, 9.17) is 13.3 Å². The molecular formula is C12H6O3. The monoisotopic (exact) mass is 198 g/mol. The first-order chi connectivity index (χ1) is 7.45. The standard InChI is InChI=1S/C12H6O3/c1-4-13-10-7(1)11-9(2-5-14-11)12-8(10)3-6-15-12/h1-6H. The molecule has 4 aromatic rings. The third kappa shape index (κ3) is 0.722. The van der Waals surface area contributed by atoms with Crippen molar-refractivity contribution in [3.05, 3.63) is 37.0 Å². The van der Waals surface area contributed by atoms with Gasteiger partial charge in [0, 0.05) is 0 Å². The van der Waals surface area contributed by atoms with Crippen molar-refractivity contribution in [2.24, 2.45) is 0 Å². The van der Waals surface area contributed by atoms with E-state index in [1.807, 2.05) is 18.2 Å². The zero-order chi connectivity index (χ0) is 9.83. The van der Waals surface area contributed by atoms with Gasteiger partial charge in [0.25, 0.3) is 0 Å². The van der Waals surface area contributed by atoms with Gasteiger partial charge in [-0.25, -0.2) is 0 Å². The third-order valence-electron chi connectivity index (χ3n) is 2.73. The summed E-state index contributed by atoms with van der Waals surface area (Å²) in [5, 5.41) is 2.97. The van der Waals surface area contributed by atoms with Crippen LogP contribution in [-0.2, 0) is 0 Å². The topological polar surface area (TPSA) is 39.4 Å². The summed E-state index contributed by atoms with van der Waals surface area (Å²) in [6, 6.07) is 5.73. The van der Waals surface area contributed by atoms with Gasteiger partial charge in [-0.15, -0.1) is 0 Å². The first-order valence-corrected chi connectivity index (χ1v) is 4.69. The smallest absolute Gasteiger partial charge is 0.148 e. The van der Waals surface area contributed by atoms with E-state index >= 15 is 0 Å². The molecule has 0 amide bonds. The molecule has 0 aliphatic rings. The van der Waals surface area contributed by atoms with Gasteiger partial charge in [0.1, 0.15) is 16.7 Å². The molecule has 0 saturated heterocycles. The van der Waals surface area contributed by atoms with Crippen LogP contribution in [0.1, 0.15) is 0 Å². The lowest BCUT2D eigenvalue weighted by Gasteiger charge is -1.93. The number of hydrogen-bond acceptors (Lipinski definition) is 3. The van der Waals surface area contributed by atoms with Crippen molar-refractivity contribution in [3.8, 4) is 0 Å². The number of hydrogen-bond donors (Lipinski definition) is 0. The highest BCUT2D eigenvalue weighted by Crippen LogP contribution is 2.36. The minimum Gasteiger partial charge on any atom is -0.463 e. The second-order valence-corrected chi connectivity index (χ2v) is 3.49. The van der Waals surface area contributed by atoms with Crippen LogP contribution in [0, 0.1) is 0 Å². The van der Waals surface area contributed by atoms with Crippen LogP contribution < -0.4 is 0 Å². The summed E-state index contributed by atoms with van der Waals surface area (Å²) < 4.78 is 16.3. The summed E-state index contributed by atoms with van der Waals surface area (Å²) in [5.41, 5.74) is 2.46. The van der Waals surface area contributed by atoms with Crippen molar-refractivity contribution in [2.45, 2.75) is 0 Å². The van der Waals surface area contributed by atoms with E-state index in [-0.39, 0.29) is 0 Å². The highest BCUT2D eigenvalue weighted by molar-refractivity contribution is 6.20. The third-order valence-corrected chi connectivity index (χ3v) is 2.73. The molecule has 0 N–H and O–H groups in total. The molecule has 0 bridgehead atoms. The number of benzene rings is 1. The zero-order valence-corrected chi connectivity index (χ0v) is 7.69. The lowest BCUT2D eigenvalue weighted by atomic mass is 10.1. The van der Waals surface area contributed by atoms with Crippen LogP contribution in [0.3, 0.4) is 0 Å². The Morgan fingerprint density at radius 2 is 0.867 bits per heavy atom. The minimum atomic E-state index is 0.821. The van der Waals surface area contributed by atoms with Crippen LogP contribution >= 0.6 is 0 Å². The molecule has 0 spiro atoms. The van der Waals surface area contributed by atoms with E-state index in [9.17, 15) is 0 Å². The van der Waals surface area contributed by atoms with Crippen molar-refractivity contribution in [3.63, 3.8) is 0 Å². The molecule has 3 heterocycles. The van der Waals surface area contributed by atoms with Gasteiger partial charge in [0.2, 0.25) is 0 Å². The van der Waals surface area contributed by atoms with E-state index < -0.39 is 0 Å². The maximum absolute atomic E-state index is 5.45. The molecule has 0 radical (unpaired) electrons. The van der Waals surface area contributed by atoms with Gasteiger partial charge in [-0.2, -0.15) is 0 Å². The molecule has 0 saturated carbocycles. The highest BCUT2D eigenvalue weighted by Gasteiger charge is 2.14. The first kappa shape index (κ1) is 7.17. The second kappa shape index (κ2) is 2.25. The minimum absolute atomic E-state index is 0.821. The molecule has 3 heteroatoms. The summed E-state index contributed by atoms with van der Waals surface area (Å²) in [6.45, 7) is 0. The van der Waals surface area contributed by atoms with Crippen molar-refractivity contribution >= 4 is 32.9 Å². The molecule has 0 unspecified atom stereocenters. The molecule has 0 aliphatic heterocycles. The van der Waals surface area contributed by atoms with Gasteiger partial charge in [-0.1, -0.05) is 0 Å². The summed E-state index contributed by atoms with van der Waals surface area (Å²) in [6.07, 6.45) is 5.00. The highest BCUT2D eigenvalue weighted by atomic mass is 16.3.